The van der Waals surface area contributed by atoms with Gasteiger partial charge in [-0.15, -0.1) is 0 Å². The molecule has 2 heterocycles. The van der Waals surface area contributed by atoms with Crippen LogP contribution in [0.4, 0.5) is 24.7 Å². The minimum absolute atomic E-state index is 0.0398. The molecule has 0 spiro atoms. The lowest BCUT2D eigenvalue weighted by Gasteiger charge is -2.12. The van der Waals surface area contributed by atoms with Crippen molar-refractivity contribution in [2.24, 2.45) is 0 Å². The Labute approximate surface area is 187 Å². The monoisotopic (exact) mass is 455 g/mol. The van der Waals surface area contributed by atoms with Gasteiger partial charge in [0, 0.05) is 17.8 Å². The van der Waals surface area contributed by atoms with E-state index in [0.717, 1.165) is 54.2 Å². The van der Waals surface area contributed by atoms with E-state index in [1.165, 1.54) is 25.2 Å². The summed E-state index contributed by atoms with van der Waals surface area (Å²) in [7, 11) is 0. The van der Waals surface area contributed by atoms with Crippen molar-refractivity contribution in [2.75, 3.05) is 10.5 Å². The number of nitrogens with one attached hydrogen (secondary N) is 1. The maximum Gasteiger partial charge on any atom is 0.147 e. The molecular formula is C23H20F3N5S. The molecule has 164 valence electrons. The molecule has 3 N–H and O–H groups in total. The summed E-state index contributed by atoms with van der Waals surface area (Å²) in [6.07, 6.45) is 7.89. The van der Waals surface area contributed by atoms with Crippen LogP contribution in [0.5, 0.6) is 0 Å². The van der Waals surface area contributed by atoms with Crippen LogP contribution in [0.15, 0.2) is 53.8 Å². The SMILES string of the molecule is Nc1ncnc2c1c(-c1ccc(NSc3cc(F)ccc3F)c(F)c1)cn2C1CCCC1. The van der Waals surface area contributed by atoms with Crippen LogP contribution in [0.3, 0.4) is 0 Å². The highest BCUT2D eigenvalue weighted by Gasteiger charge is 2.23. The number of benzene rings is 2. The van der Waals surface area contributed by atoms with Crippen molar-refractivity contribution in [1.29, 1.82) is 0 Å². The van der Waals surface area contributed by atoms with Gasteiger partial charge in [-0.25, -0.2) is 23.1 Å². The van der Waals surface area contributed by atoms with E-state index in [9.17, 15) is 13.2 Å². The Kier molecular flexibility index (Phi) is 5.42. The third kappa shape index (κ3) is 3.77. The van der Waals surface area contributed by atoms with Crippen LogP contribution in [-0.2, 0) is 0 Å². The summed E-state index contributed by atoms with van der Waals surface area (Å²) in [6, 6.07) is 8.17. The third-order valence-corrected chi connectivity index (χ3v) is 6.66. The first-order chi connectivity index (χ1) is 15.5. The van der Waals surface area contributed by atoms with E-state index >= 15 is 0 Å². The number of hydrogen-bond acceptors (Lipinski definition) is 5. The minimum atomic E-state index is -0.587. The van der Waals surface area contributed by atoms with Crippen LogP contribution >= 0.6 is 11.9 Å². The molecule has 1 aliphatic carbocycles. The molecule has 2 aromatic carbocycles. The fraction of sp³-hybridized carbons (Fsp3) is 0.217. The van der Waals surface area contributed by atoms with Gasteiger partial charge in [0.25, 0.3) is 0 Å². The van der Waals surface area contributed by atoms with Crippen molar-refractivity contribution in [2.45, 2.75) is 36.6 Å². The first-order valence-corrected chi connectivity index (χ1v) is 11.1. The highest BCUT2D eigenvalue weighted by molar-refractivity contribution is 8.00. The Hall–Kier alpha value is -3.20. The number of rotatable bonds is 5. The van der Waals surface area contributed by atoms with Gasteiger partial charge < -0.3 is 15.0 Å². The van der Waals surface area contributed by atoms with Gasteiger partial charge in [-0.1, -0.05) is 18.9 Å². The minimum Gasteiger partial charge on any atom is -0.383 e. The Balaban J connectivity index is 1.48. The molecule has 5 nitrogen and oxygen atoms in total. The van der Waals surface area contributed by atoms with Crippen molar-refractivity contribution in [3.63, 3.8) is 0 Å². The average molecular weight is 456 g/mol. The number of fused-ring (bicyclic) bond motifs is 1. The van der Waals surface area contributed by atoms with Crippen LogP contribution in [0.2, 0.25) is 0 Å². The Bertz CT molecular complexity index is 1300. The number of nitrogen functional groups attached to an aromatic ring is 1. The number of anilines is 2. The van der Waals surface area contributed by atoms with Crippen molar-refractivity contribution < 1.29 is 13.2 Å². The Morgan fingerprint density at radius 3 is 2.59 bits per heavy atom. The van der Waals surface area contributed by atoms with E-state index in [4.69, 9.17) is 5.73 Å². The first kappa shape index (κ1) is 20.7. The van der Waals surface area contributed by atoms with Crippen molar-refractivity contribution >= 4 is 34.5 Å². The molecule has 0 atom stereocenters. The van der Waals surface area contributed by atoms with Gasteiger partial charge in [-0.2, -0.15) is 0 Å². The van der Waals surface area contributed by atoms with Crippen molar-refractivity contribution in [3.8, 4) is 11.1 Å². The molecule has 5 rings (SSSR count). The molecule has 0 amide bonds. The van der Waals surface area contributed by atoms with E-state index in [2.05, 4.69) is 19.3 Å². The fourth-order valence-corrected chi connectivity index (χ4v) is 4.94. The molecule has 9 heteroatoms. The molecule has 0 unspecified atom stereocenters. The highest BCUT2D eigenvalue weighted by atomic mass is 32.2. The molecule has 2 aromatic heterocycles. The summed E-state index contributed by atoms with van der Waals surface area (Å²) in [5.74, 6) is -1.33. The van der Waals surface area contributed by atoms with Crippen molar-refractivity contribution in [1.82, 2.24) is 14.5 Å². The summed E-state index contributed by atoms with van der Waals surface area (Å²) >= 11 is 0.807. The van der Waals surface area contributed by atoms with Crippen LogP contribution < -0.4 is 10.5 Å². The second-order valence-corrected chi connectivity index (χ2v) is 8.67. The second kappa shape index (κ2) is 8.38. The number of aromatic nitrogens is 3. The van der Waals surface area contributed by atoms with E-state index in [0.29, 0.717) is 22.8 Å². The first-order valence-electron chi connectivity index (χ1n) is 10.3. The predicted molar refractivity (Wildman–Crippen MR) is 121 cm³/mol. The van der Waals surface area contributed by atoms with Crippen LogP contribution in [0.1, 0.15) is 31.7 Å². The molecule has 32 heavy (non-hydrogen) atoms. The Morgan fingerprint density at radius 2 is 1.81 bits per heavy atom. The molecule has 0 saturated heterocycles. The zero-order valence-corrected chi connectivity index (χ0v) is 17.8. The van der Waals surface area contributed by atoms with Gasteiger partial charge in [0.15, 0.2) is 0 Å². The molecule has 1 aliphatic rings. The quantitative estimate of drug-likeness (QED) is 0.344. The number of nitrogens with zero attached hydrogens (tertiary/aromatic N) is 3. The Morgan fingerprint density at radius 1 is 1.00 bits per heavy atom. The highest BCUT2D eigenvalue weighted by Crippen LogP contribution is 2.39. The largest absolute Gasteiger partial charge is 0.383 e. The van der Waals surface area contributed by atoms with Crippen molar-refractivity contribution in [3.05, 3.63) is 66.4 Å². The lowest BCUT2D eigenvalue weighted by molar-refractivity contribution is 0.532. The standard InChI is InChI=1S/C23H20F3N5S/c24-14-6-7-17(25)20(10-14)32-30-19-8-5-13(9-18(19)26)16-11-31(15-3-1-2-4-15)23-21(16)22(27)28-12-29-23/h5-12,15,30H,1-4H2,(H2,27,28,29). The second-order valence-electron chi connectivity index (χ2n) is 7.82. The molecule has 0 aliphatic heterocycles. The summed E-state index contributed by atoms with van der Waals surface area (Å²) in [5.41, 5.74) is 8.48. The average Bonchev–Trinajstić information content (AvgIpc) is 3.43. The molecule has 4 aromatic rings. The maximum atomic E-state index is 14.9. The van der Waals surface area contributed by atoms with Gasteiger partial charge in [0.05, 0.1) is 16.0 Å². The summed E-state index contributed by atoms with van der Waals surface area (Å²) < 4.78 is 47.0. The number of nitrogens with two attached hydrogens (primary N) is 1. The maximum absolute atomic E-state index is 14.9. The molecule has 1 saturated carbocycles. The lowest BCUT2D eigenvalue weighted by atomic mass is 10.1. The van der Waals surface area contributed by atoms with Gasteiger partial charge >= 0.3 is 0 Å². The summed E-state index contributed by atoms with van der Waals surface area (Å²) in [6.45, 7) is 0. The van der Waals surface area contributed by atoms with Crippen LogP contribution in [0, 0.1) is 17.5 Å². The van der Waals surface area contributed by atoms with Crippen LogP contribution in [-0.4, -0.2) is 14.5 Å². The van der Waals surface area contributed by atoms with E-state index in [-0.39, 0.29) is 10.6 Å². The number of halogens is 3. The number of hydrogen-bond donors (Lipinski definition) is 2. The third-order valence-electron chi connectivity index (χ3n) is 5.80. The molecule has 0 bridgehead atoms. The summed E-state index contributed by atoms with van der Waals surface area (Å²) in [5, 5.41) is 0.704. The van der Waals surface area contributed by atoms with Gasteiger partial charge in [-0.3, -0.25) is 0 Å². The smallest absolute Gasteiger partial charge is 0.147 e. The zero-order chi connectivity index (χ0) is 22.2. The van der Waals surface area contributed by atoms with Gasteiger partial charge in [0.2, 0.25) is 0 Å². The van der Waals surface area contributed by atoms with Crippen LogP contribution in [0.25, 0.3) is 22.2 Å². The van der Waals surface area contributed by atoms with E-state index in [1.54, 1.807) is 12.1 Å². The van der Waals surface area contributed by atoms with Gasteiger partial charge in [0.1, 0.15) is 35.2 Å². The molecular weight excluding hydrogens is 435 g/mol. The lowest BCUT2D eigenvalue weighted by Crippen LogP contribution is -2.04. The topological polar surface area (TPSA) is 68.8 Å². The van der Waals surface area contributed by atoms with E-state index in [1.807, 2.05) is 6.20 Å². The molecule has 0 radical (unpaired) electrons. The zero-order valence-electron chi connectivity index (χ0n) is 17.0. The predicted octanol–water partition coefficient (Wildman–Crippen LogP) is 6.33. The molecule has 1 fully saturated rings. The normalized spacial score (nSPS) is 14.3. The van der Waals surface area contributed by atoms with E-state index < -0.39 is 17.5 Å². The van der Waals surface area contributed by atoms with Gasteiger partial charge in [-0.05, 0) is 60.7 Å². The fourth-order valence-electron chi connectivity index (χ4n) is 4.22. The summed E-state index contributed by atoms with van der Waals surface area (Å²) in [4.78, 5) is 8.62.